The maximum atomic E-state index is 4.37. The predicted molar refractivity (Wildman–Crippen MR) is 68.0 cm³/mol. The van der Waals surface area contributed by atoms with Gasteiger partial charge in [0, 0.05) is 6.20 Å². The smallest absolute Gasteiger partial charge is 0.103 e. The second-order valence-electron chi connectivity index (χ2n) is 3.24. The third kappa shape index (κ3) is 3.92. The van der Waals surface area contributed by atoms with E-state index in [1.807, 2.05) is 25.3 Å². The van der Waals surface area contributed by atoms with Crippen molar-refractivity contribution < 1.29 is 0 Å². The van der Waals surface area contributed by atoms with Gasteiger partial charge in [-0.2, -0.15) is 0 Å². The highest BCUT2D eigenvalue weighted by Crippen LogP contribution is 2.29. The number of pyridine rings is 1. The van der Waals surface area contributed by atoms with E-state index in [9.17, 15) is 0 Å². The van der Waals surface area contributed by atoms with Crippen LogP contribution in [0.2, 0.25) is 0 Å². The standard InChI is InChI=1S/C13H17NS/c1-4-6-9-12(5-2)15-13-11(3)8-7-10-14-13/h4,6-10H,5H2,1-3H3/b6-4-,12-9+. The van der Waals surface area contributed by atoms with E-state index in [2.05, 4.69) is 37.0 Å². The molecule has 80 valence electrons. The van der Waals surface area contributed by atoms with Gasteiger partial charge in [-0.15, -0.1) is 0 Å². The highest BCUT2D eigenvalue weighted by Gasteiger charge is 2.01. The summed E-state index contributed by atoms with van der Waals surface area (Å²) in [6.45, 7) is 6.29. The molecule has 0 aliphatic carbocycles. The van der Waals surface area contributed by atoms with E-state index < -0.39 is 0 Å². The SMILES string of the molecule is C/C=C\C=C(/CC)Sc1ncccc1C. The largest absolute Gasteiger partial charge is 0.249 e. The number of hydrogen-bond donors (Lipinski definition) is 0. The summed E-state index contributed by atoms with van der Waals surface area (Å²) < 4.78 is 0. The van der Waals surface area contributed by atoms with Gasteiger partial charge in [-0.3, -0.25) is 0 Å². The number of aryl methyl sites for hydroxylation is 1. The van der Waals surface area contributed by atoms with Crippen LogP contribution >= 0.6 is 11.8 Å². The van der Waals surface area contributed by atoms with Gasteiger partial charge in [-0.05, 0) is 36.8 Å². The van der Waals surface area contributed by atoms with Gasteiger partial charge < -0.3 is 0 Å². The third-order valence-electron chi connectivity index (χ3n) is 2.01. The van der Waals surface area contributed by atoms with Crippen molar-refractivity contribution in [3.8, 4) is 0 Å². The number of allylic oxidation sites excluding steroid dienone is 4. The van der Waals surface area contributed by atoms with Crippen LogP contribution in [0.1, 0.15) is 25.8 Å². The number of aromatic nitrogens is 1. The molecule has 1 rings (SSSR count). The number of nitrogens with zero attached hydrogens (tertiary/aromatic N) is 1. The van der Waals surface area contributed by atoms with Crippen LogP contribution in [0.4, 0.5) is 0 Å². The Balaban J connectivity index is 2.80. The summed E-state index contributed by atoms with van der Waals surface area (Å²) in [6, 6.07) is 4.07. The topological polar surface area (TPSA) is 12.9 Å². The van der Waals surface area contributed by atoms with Crippen molar-refractivity contribution in [1.29, 1.82) is 0 Å². The van der Waals surface area contributed by atoms with E-state index in [1.54, 1.807) is 11.8 Å². The fourth-order valence-electron chi connectivity index (χ4n) is 1.13. The van der Waals surface area contributed by atoms with E-state index in [4.69, 9.17) is 0 Å². The molecule has 0 fully saturated rings. The molecule has 0 unspecified atom stereocenters. The minimum Gasteiger partial charge on any atom is -0.249 e. The van der Waals surface area contributed by atoms with Crippen LogP contribution in [0.5, 0.6) is 0 Å². The predicted octanol–water partition coefficient (Wildman–Crippen LogP) is 4.35. The zero-order valence-electron chi connectivity index (χ0n) is 9.53. The van der Waals surface area contributed by atoms with Crippen LogP contribution in [-0.4, -0.2) is 4.98 Å². The van der Waals surface area contributed by atoms with E-state index in [0.29, 0.717) is 0 Å². The summed E-state index contributed by atoms with van der Waals surface area (Å²) in [5, 5.41) is 1.11. The fraction of sp³-hybridized carbons (Fsp3) is 0.308. The van der Waals surface area contributed by atoms with Gasteiger partial charge in [0.2, 0.25) is 0 Å². The molecule has 1 heterocycles. The van der Waals surface area contributed by atoms with Crippen LogP contribution in [-0.2, 0) is 0 Å². The van der Waals surface area contributed by atoms with Crippen LogP contribution in [0.3, 0.4) is 0 Å². The summed E-state index contributed by atoms with van der Waals surface area (Å²) in [6.07, 6.45) is 9.16. The van der Waals surface area contributed by atoms with Gasteiger partial charge in [0.15, 0.2) is 0 Å². The second-order valence-corrected chi connectivity index (χ2v) is 4.36. The molecule has 0 radical (unpaired) electrons. The van der Waals surface area contributed by atoms with Crippen molar-refractivity contribution in [3.05, 3.63) is 47.0 Å². The molecule has 0 amide bonds. The second kappa shape index (κ2) is 6.46. The molecule has 0 bridgehead atoms. The molecular formula is C13H17NS. The molecule has 0 spiro atoms. The first kappa shape index (κ1) is 12.1. The lowest BCUT2D eigenvalue weighted by molar-refractivity contribution is 1.08. The summed E-state index contributed by atoms with van der Waals surface area (Å²) in [5.74, 6) is 0. The molecule has 0 saturated carbocycles. The van der Waals surface area contributed by atoms with Crippen LogP contribution < -0.4 is 0 Å². The van der Waals surface area contributed by atoms with Gasteiger partial charge in [0.25, 0.3) is 0 Å². The molecule has 1 aromatic rings. The number of hydrogen-bond acceptors (Lipinski definition) is 2. The first-order chi connectivity index (χ1) is 7.27. The normalized spacial score (nSPS) is 12.3. The molecular weight excluding hydrogens is 202 g/mol. The molecule has 1 aromatic heterocycles. The highest BCUT2D eigenvalue weighted by atomic mass is 32.2. The van der Waals surface area contributed by atoms with Gasteiger partial charge in [-0.1, -0.05) is 43.0 Å². The van der Waals surface area contributed by atoms with Crippen molar-refractivity contribution in [2.45, 2.75) is 32.2 Å². The summed E-state index contributed by atoms with van der Waals surface area (Å²) in [7, 11) is 0. The van der Waals surface area contributed by atoms with Crippen molar-refractivity contribution in [1.82, 2.24) is 4.98 Å². The molecule has 0 atom stereocenters. The maximum Gasteiger partial charge on any atom is 0.103 e. The van der Waals surface area contributed by atoms with E-state index in [0.717, 1.165) is 11.4 Å². The first-order valence-corrected chi connectivity index (χ1v) is 6.01. The van der Waals surface area contributed by atoms with Gasteiger partial charge in [-0.25, -0.2) is 4.98 Å². The molecule has 2 heteroatoms. The highest BCUT2D eigenvalue weighted by molar-refractivity contribution is 8.03. The number of thioether (sulfide) groups is 1. The van der Waals surface area contributed by atoms with Gasteiger partial charge in [0.1, 0.15) is 5.03 Å². The molecule has 0 aliphatic heterocycles. The molecule has 0 aliphatic rings. The number of rotatable bonds is 4. The minimum atomic E-state index is 1.05. The summed E-state index contributed by atoms with van der Waals surface area (Å²) in [4.78, 5) is 5.71. The molecule has 0 aromatic carbocycles. The fourth-order valence-corrected chi connectivity index (χ4v) is 2.01. The third-order valence-corrected chi connectivity index (χ3v) is 3.32. The Kier molecular flexibility index (Phi) is 5.19. The van der Waals surface area contributed by atoms with Crippen molar-refractivity contribution in [2.75, 3.05) is 0 Å². The van der Waals surface area contributed by atoms with Gasteiger partial charge >= 0.3 is 0 Å². The van der Waals surface area contributed by atoms with Crippen molar-refractivity contribution >= 4 is 11.8 Å². The van der Waals surface area contributed by atoms with Crippen LogP contribution in [0, 0.1) is 6.92 Å². The van der Waals surface area contributed by atoms with E-state index >= 15 is 0 Å². The molecule has 0 saturated heterocycles. The lowest BCUT2D eigenvalue weighted by Gasteiger charge is -2.05. The monoisotopic (exact) mass is 219 g/mol. The van der Waals surface area contributed by atoms with E-state index in [-0.39, 0.29) is 0 Å². The summed E-state index contributed by atoms with van der Waals surface area (Å²) >= 11 is 1.75. The van der Waals surface area contributed by atoms with Crippen LogP contribution in [0.25, 0.3) is 0 Å². The van der Waals surface area contributed by atoms with Gasteiger partial charge in [0.05, 0.1) is 0 Å². The van der Waals surface area contributed by atoms with Crippen molar-refractivity contribution in [2.24, 2.45) is 0 Å². The Labute approximate surface area is 96.3 Å². The van der Waals surface area contributed by atoms with Crippen molar-refractivity contribution in [3.63, 3.8) is 0 Å². The molecule has 1 nitrogen and oxygen atoms in total. The lowest BCUT2D eigenvalue weighted by Crippen LogP contribution is -1.84. The quantitative estimate of drug-likeness (QED) is 0.551. The zero-order chi connectivity index (χ0) is 11.1. The lowest BCUT2D eigenvalue weighted by atomic mass is 10.3. The molecule has 15 heavy (non-hydrogen) atoms. The Bertz CT molecular complexity index is 367. The zero-order valence-corrected chi connectivity index (χ0v) is 10.3. The Hall–Kier alpha value is -1.02. The average Bonchev–Trinajstić information content (AvgIpc) is 2.26. The Morgan fingerprint density at radius 3 is 2.93 bits per heavy atom. The maximum absolute atomic E-state index is 4.37. The molecule has 0 N–H and O–H groups in total. The minimum absolute atomic E-state index is 1.05. The van der Waals surface area contributed by atoms with E-state index in [1.165, 1.54) is 10.5 Å². The Morgan fingerprint density at radius 1 is 1.53 bits per heavy atom. The first-order valence-electron chi connectivity index (χ1n) is 5.19. The Morgan fingerprint density at radius 2 is 2.33 bits per heavy atom. The average molecular weight is 219 g/mol. The van der Waals surface area contributed by atoms with Crippen LogP contribution in [0.15, 0.2) is 46.5 Å². The summed E-state index contributed by atoms with van der Waals surface area (Å²) in [5.41, 5.74) is 1.24.